The maximum absolute atomic E-state index is 12.2. The molecule has 0 aliphatic heterocycles. The second kappa shape index (κ2) is 7.04. The van der Waals surface area contributed by atoms with Crippen molar-refractivity contribution >= 4 is 22.9 Å². The number of ether oxygens (including phenoxy) is 1. The summed E-state index contributed by atoms with van der Waals surface area (Å²) < 4.78 is 5.77. The van der Waals surface area contributed by atoms with E-state index in [4.69, 9.17) is 4.74 Å². The quantitative estimate of drug-likeness (QED) is 0.556. The van der Waals surface area contributed by atoms with Crippen molar-refractivity contribution in [3.63, 3.8) is 0 Å². The summed E-state index contributed by atoms with van der Waals surface area (Å²) >= 11 is 0. The first-order valence-electron chi connectivity index (χ1n) is 7.73. The molecule has 0 unspecified atom stereocenters. The van der Waals surface area contributed by atoms with Crippen molar-refractivity contribution in [2.75, 3.05) is 6.61 Å². The average Bonchev–Trinajstić information content (AvgIpc) is 3.02. The van der Waals surface area contributed by atoms with E-state index in [1.54, 1.807) is 36.7 Å². The van der Waals surface area contributed by atoms with Crippen LogP contribution in [-0.4, -0.2) is 32.3 Å². The lowest BCUT2D eigenvalue weighted by Gasteiger charge is -2.08. The largest absolute Gasteiger partial charge is 0.477 e. The Morgan fingerprint density at radius 1 is 1.29 bits per heavy atom. The van der Waals surface area contributed by atoms with E-state index in [2.05, 4.69) is 33.8 Å². The summed E-state index contributed by atoms with van der Waals surface area (Å²) in [4.78, 5) is 27.7. The van der Waals surface area contributed by atoms with Gasteiger partial charge in [0.15, 0.2) is 0 Å². The number of rotatable bonds is 6. The highest BCUT2D eigenvalue weighted by Crippen LogP contribution is 2.26. The molecule has 3 heterocycles. The summed E-state index contributed by atoms with van der Waals surface area (Å²) in [7, 11) is 0. The Labute approximate surface area is 139 Å². The second-order valence-electron chi connectivity index (χ2n) is 5.76. The van der Waals surface area contributed by atoms with E-state index >= 15 is 0 Å². The Bertz CT molecular complexity index is 869. The van der Waals surface area contributed by atoms with Crippen LogP contribution in [0.1, 0.15) is 29.9 Å². The van der Waals surface area contributed by atoms with Gasteiger partial charge in [-0.3, -0.25) is 9.78 Å². The standard InChI is InChI=1S/C18H18N4O2/c1-12(2)10-24-18-16-13(9-20-17(16)21-11-22-18)6-7-15(23)14-5-3-4-8-19-14/h3-9,11-12H,10H2,1-2H3,(H,20,21,22). The molecule has 3 aromatic heterocycles. The van der Waals surface area contributed by atoms with Crippen LogP contribution in [0.3, 0.4) is 0 Å². The van der Waals surface area contributed by atoms with Crippen LogP contribution in [0.4, 0.5) is 0 Å². The minimum atomic E-state index is -0.161. The van der Waals surface area contributed by atoms with Gasteiger partial charge in [-0.2, -0.15) is 0 Å². The van der Waals surface area contributed by atoms with Crippen molar-refractivity contribution in [2.45, 2.75) is 13.8 Å². The topological polar surface area (TPSA) is 80.8 Å². The van der Waals surface area contributed by atoms with Crippen LogP contribution in [0.5, 0.6) is 5.88 Å². The SMILES string of the molecule is CC(C)COc1ncnc2[nH]cc(C=CC(=O)c3ccccn3)c12. The Morgan fingerprint density at radius 3 is 2.92 bits per heavy atom. The molecule has 0 bridgehead atoms. The molecule has 122 valence electrons. The van der Waals surface area contributed by atoms with E-state index in [9.17, 15) is 4.79 Å². The fraction of sp³-hybridized carbons (Fsp3) is 0.222. The van der Waals surface area contributed by atoms with Gasteiger partial charge in [0.2, 0.25) is 11.7 Å². The van der Waals surface area contributed by atoms with E-state index in [0.717, 1.165) is 10.9 Å². The number of ketones is 1. The number of pyridine rings is 1. The highest BCUT2D eigenvalue weighted by atomic mass is 16.5. The lowest BCUT2D eigenvalue weighted by molar-refractivity contribution is 0.104. The van der Waals surface area contributed by atoms with Crippen LogP contribution in [0.2, 0.25) is 0 Å². The maximum atomic E-state index is 12.2. The predicted molar refractivity (Wildman–Crippen MR) is 91.8 cm³/mol. The van der Waals surface area contributed by atoms with Gasteiger partial charge in [0.05, 0.1) is 12.0 Å². The third-order valence-electron chi connectivity index (χ3n) is 3.35. The molecule has 0 spiro atoms. The molecule has 24 heavy (non-hydrogen) atoms. The second-order valence-corrected chi connectivity index (χ2v) is 5.76. The van der Waals surface area contributed by atoms with Crippen molar-refractivity contribution in [2.24, 2.45) is 5.92 Å². The van der Waals surface area contributed by atoms with Crippen LogP contribution < -0.4 is 4.74 Å². The van der Waals surface area contributed by atoms with Crippen LogP contribution in [0.25, 0.3) is 17.1 Å². The summed E-state index contributed by atoms with van der Waals surface area (Å²) in [5, 5.41) is 0.767. The number of hydrogen-bond acceptors (Lipinski definition) is 5. The van der Waals surface area contributed by atoms with Crippen LogP contribution >= 0.6 is 0 Å². The van der Waals surface area contributed by atoms with Crippen molar-refractivity contribution in [1.82, 2.24) is 19.9 Å². The first-order valence-corrected chi connectivity index (χ1v) is 7.73. The molecule has 6 heteroatoms. The van der Waals surface area contributed by atoms with Crippen molar-refractivity contribution < 1.29 is 9.53 Å². The number of aromatic amines is 1. The fourth-order valence-corrected chi connectivity index (χ4v) is 2.20. The number of aromatic nitrogens is 4. The lowest BCUT2D eigenvalue weighted by atomic mass is 10.1. The number of nitrogens with one attached hydrogen (secondary N) is 1. The van der Waals surface area contributed by atoms with Gasteiger partial charge >= 0.3 is 0 Å². The minimum absolute atomic E-state index is 0.161. The normalized spacial score (nSPS) is 11.5. The highest BCUT2D eigenvalue weighted by Gasteiger charge is 2.12. The molecule has 0 aliphatic rings. The van der Waals surface area contributed by atoms with Gasteiger partial charge in [-0.15, -0.1) is 0 Å². The maximum Gasteiger partial charge on any atom is 0.226 e. The van der Waals surface area contributed by atoms with E-state index in [-0.39, 0.29) is 5.78 Å². The molecule has 1 N–H and O–H groups in total. The van der Waals surface area contributed by atoms with Crippen LogP contribution in [-0.2, 0) is 0 Å². The molecule has 0 aliphatic carbocycles. The number of fused-ring (bicyclic) bond motifs is 1. The van der Waals surface area contributed by atoms with E-state index in [0.29, 0.717) is 29.7 Å². The number of H-pyrrole nitrogens is 1. The molecule has 0 radical (unpaired) electrons. The van der Waals surface area contributed by atoms with Gasteiger partial charge in [-0.05, 0) is 30.2 Å². The molecular formula is C18H18N4O2. The number of carbonyl (C=O) groups excluding carboxylic acids is 1. The monoisotopic (exact) mass is 322 g/mol. The van der Waals surface area contributed by atoms with Gasteiger partial charge in [-0.25, -0.2) is 9.97 Å². The Morgan fingerprint density at radius 2 is 2.17 bits per heavy atom. The predicted octanol–water partition coefficient (Wildman–Crippen LogP) is 3.28. The third kappa shape index (κ3) is 3.48. The lowest BCUT2D eigenvalue weighted by Crippen LogP contribution is -2.06. The van der Waals surface area contributed by atoms with Gasteiger partial charge in [0, 0.05) is 18.0 Å². The molecule has 0 saturated carbocycles. The molecular weight excluding hydrogens is 304 g/mol. The zero-order valence-corrected chi connectivity index (χ0v) is 13.6. The third-order valence-corrected chi connectivity index (χ3v) is 3.35. The van der Waals surface area contributed by atoms with E-state index in [1.165, 1.54) is 12.4 Å². The summed E-state index contributed by atoms with van der Waals surface area (Å²) in [5.41, 5.74) is 1.88. The summed E-state index contributed by atoms with van der Waals surface area (Å²) in [6.07, 6.45) is 8.05. The summed E-state index contributed by atoms with van der Waals surface area (Å²) in [6, 6.07) is 5.24. The average molecular weight is 322 g/mol. The molecule has 0 amide bonds. The van der Waals surface area contributed by atoms with Gasteiger partial charge in [-0.1, -0.05) is 19.9 Å². The van der Waals surface area contributed by atoms with Gasteiger partial charge < -0.3 is 9.72 Å². The number of carbonyl (C=O) groups is 1. The molecule has 6 nitrogen and oxygen atoms in total. The van der Waals surface area contributed by atoms with Crippen molar-refractivity contribution in [3.05, 3.63) is 54.3 Å². The number of allylic oxidation sites excluding steroid dienone is 1. The van der Waals surface area contributed by atoms with Crippen molar-refractivity contribution in [1.29, 1.82) is 0 Å². The first kappa shape index (κ1) is 15.9. The highest BCUT2D eigenvalue weighted by molar-refractivity contribution is 6.06. The van der Waals surface area contributed by atoms with Crippen LogP contribution in [0.15, 0.2) is 43.0 Å². The minimum Gasteiger partial charge on any atom is -0.477 e. The van der Waals surface area contributed by atoms with Crippen LogP contribution in [0, 0.1) is 5.92 Å². The molecule has 0 saturated heterocycles. The zero-order valence-electron chi connectivity index (χ0n) is 13.6. The van der Waals surface area contributed by atoms with Crippen molar-refractivity contribution in [3.8, 4) is 5.88 Å². The Balaban J connectivity index is 1.89. The molecule has 0 atom stereocenters. The molecule has 3 aromatic rings. The first-order chi connectivity index (χ1) is 11.6. The van der Waals surface area contributed by atoms with Gasteiger partial charge in [0.25, 0.3) is 0 Å². The van der Waals surface area contributed by atoms with Gasteiger partial charge in [0.1, 0.15) is 17.7 Å². The molecule has 0 aromatic carbocycles. The Kier molecular flexibility index (Phi) is 4.65. The van der Waals surface area contributed by atoms with E-state index < -0.39 is 0 Å². The molecule has 0 fully saturated rings. The summed E-state index contributed by atoms with van der Waals surface area (Å²) in [5.74, 6) is 0.741. The zero-order chi connectivity index (χ0) is 16.9. The Hall–Kier alpha value is -3.02. The fourth-order valence-electron chi connectivity index (χ4n) is 2.20. The number of hydrogen-bond donors (Lipinski definition) is 1. The smallest absolute Gasteiger partial charge is 0.226 e. The molecule has 3 rings (SSSR count). The number of nitrogens with zero attached hydrogens (tertiary/aromatic N) is 3. The summed E-state index contributed by atoms with van der Waals surface area (Å²) in [6.45, 7) is 4.71. The van der Waals surface area contributed by atoms with E-state index in [1.807, 2.05) is 0 Å².